The third-order valence-electron chi connectivity index (χ3n) is 9.44. The van der Waals surface area contributed by atoms with Crippen LogP contribution in [0.4, 0.5) is 19.1 Å². The van der Waals surface area contributed by atoms with Crippen molar-refractivity contribution < 1.29 is 37.7 Å². The number of halogens is 3. The van der Waals surface area contributed by atoms with E-state index in [-0.39, 0.29) is 18.4 Å². The Morgan fingerprint density at radius 1 is 1.07 bits per heavy atom. The summed E-state index contributed by atoms with van der Waals surface area (Å²) in [7, 11) is 1.59. The molecular formula is C33H37F3N4O5. The van der Waals surface area contributed by atoms with Crippen molar-refractivity contribution in [2.24, 2.45) is 5.92 Å². The molecule has 3 fully saturated rings. The number of ether oxygens (including phenoxy) is 2. The van der Waals surface area contributed by atoms with Crippen molar-refractivity contribution in [2.75, 3.05) is 25.1 Å². The first kappa shape index (κ1) is 31.3. The molecule has 45 heavy (non-hydrogen) atoms. The van der Waals surface area contributed by atoms with E-state index in [1.165, 1.54) is 6.07 Å². The zero-order valence-corrected chi connectivity index (χ0v) is 25.2. The number of carboxylic acids is 1. The average molecular weight is 627 g/mol. The number of benzene rings is 2. The first-order chi connectivity index (χ1) is 21.5. The van der Waals surface area contributed by atoms with E-state index < -0.39 is 36.3 Å². The molecule has 0 spiro atoms. The first-order valence-corrected chi connectivity index (χ1v) is 15.3. The molecule has 1 aliphatic carbocycles. The predicted molar refractivity (Wildman–Crippen MR) is 159 cm³/mol. The van der Waals surface area contributed by atoms with E-state index in [1.807, 2.05) is 19.1 Å². The number of carboxylic acid groups (broad SMARTS) is 1. The van der Waals surface area contributed by atoms with E-state index in [2.05, 4.69) is 16.0 Å². The Morgan fingerprint density at radius 2 is 1.82 bits per heavy atom. The van der Waals surface area contributed by atoms with E-state index in [0.29, 0.717) is 41.4 Å². The van der Waals surface area contributed by atoms with Gasteiger partial charge in [-0.1, -0.05) is 18.2 Å². The molecule has 3 aromatic rings. The molecule has 3 aliphatic rings. The number of rotatable bonds is 8. The lowest BCUT2D eigenvalue weighted by Crippen LogP contribution is -2.39. The quantitative estimate of drug-likeness (QED) is 0.312. The minimum Gasteiger partial charge on any atom is -0.496 e. The monoisotopic (exact) mass is 626 g/mol. The van der Waals surface area contributed by atoms with Crippen molar-refractivity contribution in [1.82, 2.24) is 14.9 Å². The zero-order valence-electron chi connectivity index (χ0n) is 25.2. The smallest absolute Gasteiger partial charge is 0.416 e. The van der Waals surface area contributed by atoms with Crippen LogP contribution in [0.15, 0.2) is 48.7 Å². The van der Waals surface area contributed by atoms with Crippen molar-refractivity contribution in [3.05, 3.63) is 71.0 Å². The highest BCUT2D eigenvalue weighted by Crippen LogP contribution is 2.42. The number of aromatic nitrogens is 2. The van der Waals surface area contributed by atoms with Crippen LogP contribution >= 0.6 is 0 Å². The van der Waals surface area contributed by atoms with Gasteiger partial charge >= 0.3 is 12.1 Å². The van der Waals surface area contributed by atoms with Gasteiger partial charge in [0.05, 0.1) is 24.3 Å². The number of nitrogens with zero attached hydrogens (tertiary/aromatic N) is 4. The molecule has 3 atom stereocenters. The van der Waals surface area contributed by atoms with Crippen molar-refractivity contribution in [2.45, 2.75) is 76.2 Å². The second kappa shape index (κ2) is 12.6. The lowest BCUT2D eigenvalue weighted by molar-refractivity contribution is -0.154. The fourth-order valence-electron chi connectivity index (χ4n) is 6.63. The van der Waals surface area contributed by atoms with Gasteiger partial charge in [-0.2, -0.15) is 13.2 Å². The zero-order chi connectivity index (χ0) is 31.9. The van der Waals surface area contributed by atoms with Gasteiger partial charge < -0.3 is 24.6 Å². The van der Waals surface area contributed by atoms with E-state index in [4.69, 9.17) is 14.5 Å². The van der Waals surface area contributed by atoms with Crippen molar-refractivity contribution in [3.63, 3.8) is 0 Å². The van der Waals surface area contributed by atoms with Gasteiger partial charge in [0.15, 0.2) is 0 Å². The highest BCUT2D eigenvalue weighted by Gasteiger charge is 2.41. The van der Waals surface area contributed by atoms with Crippen LogP contribution in [0.2, 0.25) is 0 Å². The molecule has 0 bridgehead atoms. The summed E-state index contributed by atoms with van der Waals surface area (Å²) in [4.78, 5) is 24.8. The third-order valence-corrected chi connectivity index (χ3v) is 9.44. The summed E-state index contributed by atoms with van der Waals surface area (Å²) < 4.78 is 51.9. The lowest BCUT2D eigenvalue weighted by Gasteiger charge is -2.32. The van der Waals surface area contributed by atoms with Crippen molar-refractivity contribution in [1.29, 1.82) is 0 Å². The Bertz CT molecular complexity index is 1540. The van der Waals surface area contributed by atoms with Gasteiger partial charge in [0.2, 0.25) is 12.4 Å². The van der Waals surface area contributed by atoms with Crippen molar-refractivity contribution in [3.8, 4) is 16.9 Å². The van der Waals surface area contributed by atoms with Crippen LogP contribution in [0.3, 0.4) is 0 Å². The second-order valence-corrected chi connectivity index (χ2v) is 12.1. The normalized spacial score (nSPS) is 25.6. The Kier molecular flexibility index (Phi) is 8.73. The van der Waals surface area contributed by atoms with Gasteiger partial charge in [-0.25, -0.2) is 14.9 Å². The topological polar surface area (TPSA) is 108 Å². The van der Waals surface area contributed by atoms with E-state index in [9.17, 15) is 28.2 Å². The molecule has 2 saturated heterocycles. The Hall–Kier alpha value is -3.74. The molecule has 0 amide bonds. The maximum absolute atomic E-state index is 13.4. The summed E-state index contributed by atoms with van der Waals surface area (Å²) in [6, 6.07) is 10.5. The van der Waals surface area contributed by atoms with Gasteiger partial charge in [-0.05, 0) is 80.3 Å². The Morgan fingerprint density at radius 3 is 2.47 bits per heavy atom. The number of hydrogen-bond donors (Lipinski definition) is 2. The Labute approximate surface area is 259 Å². The molecule has 2 N–H and O–H groups in total. The van der Waals surface area contributed by atoms with Gasteiger partial charge in [-0.15, -0.1) is 0 Å². The fourth-order valence-corrected chi connectivity index (χ4v) is 6.63. The standard InChI is InChI=1S/C33H37F3N4O5/c1-19-29(23-5-3-6-24(15-23)33(34,35)36)45-32(43)40(19)18-27-26(17-37-31(38-27)39-13-4-14-39)25-16-22(11-12-28(25)44-2)20-7-9-21(10-8-20)30(41)42/h3,5-6,11-12,15-17,19-21,29,32,43H,4,7-10,13-14,18H2,1-2H3,(H,41,42)/t19-,20?,21?,29-,32?/m0/s1. The molecule has 12 heteroatoms. The van der Waals surface area contributed by atoms with Gasteiger partial charge in [0.25, 0.3) is 0 Å². The number of hydrogen-bond acceptors (Lipinski definition) is 8. The summed E-state index contributed by atoms with van der Waals surface area (Å²) in [6.07, 6.45) is -1.07. The summed E-state index contributed by atoms with van der Waals surface area (Å²) in [5.41, 5.74) is 2.74. The third kappa shape index (κ3) is 6.36. The average Bonchev–Trinajstić information content (AvgIpc) is 3.28. The molecule has 1 unspecified atom stereocenters. The molecule has 240 valence electrons. The number of alkyl halides is 3. The minimum atomic E-state index is -4.50. The first-order valence-electron chi connectivity index (χ1n) is 15.3. The Balaban J connectivity index is 1.33. The van der Waals surface area contributed by atoms with E-state index in [1.54, 1.807) is 24.3 Å². The largest absolute Gasteiger partial charge is 0.496 e. The number of methoxy groups -OCH3 is 1. The summed E-state index contributed by atoms with van der Waals surface area (Å²) >= 11 is 0. The van der Waals surface area contributed by atoms with Gasteiger partial charge in [0, 0.05) is 43.0 Å². The maximum Gasteiger partial charge on any atom is 0.416 e. The number of aliphatic hydroxyl groups excluding tert-OH is 1. The van der Waals surface area contributed by atoms with Crippen LogP contribution < -0.4 is 9.64 Å². The lowest BCUT2D eigenvalue weighted by atomic mass is 9.78. The molecule has 3 heterocycles. The van der Waals surface area contributed by atoms with Gasteiger partial charge in [-0.3, -0.25) is 4.79 Å². The van der Waals surface area contributed by atoms with Crippen LogP contribution in [0.1, 0.15) is 73.4 Å². The van der Waals surface area contributed by atoms with E-state index >= 15 is 0 Å². The molecule has 6 rings (SSSR count). The highest BCUT2D eigenvalue weighted by molar-refractivity contribution is 5.73. The summed E-state index contributed by atoms with van der Waals surface area (Å²) in [5.74, 6) is 0.331. The molecule has 9 nitrogen and oxygen atoms in total. The van der Waals surface area contributed by atoms with Gasteiger partial charge in [0.1, 0.15) is 11.9 Å². The maximum atomic E-state index is 13.4. The molecule has 1 aromatic heterocycles. The fraction of sp³-hybridized carbons (Fsp3) is 0.485. The molecule has 1 saturated carbocycles. The molecular weight excluding hydrogens is 589 g/mol. The molecule has 2 aliphatic heterocycles. The minimum absolute atomic E-state index is 0.146. The van der Waals surface area contributed by atoms with Crippen molar-refractivity contribution >= 4 is 11.9 Å². The van der Waals surface area contributed by atoms with Crippen LogP contribution in [-0.4, -0.2) is 63.7 Å². The SMILES string of the molecule is COc1ccc(C2CCC(C(=O)O)CC2)cc1-c1cnc(N2CCC2)nc1CN1C(O)O[C@H](c2cccc(C(F)(F)F)c2)[C@@H]1C. The molecule has 2 aromatic carbocycles. The number of aliphatic carboxylic acids is 1. The van der Waals surface area contributed by atoms with E-state index in [0.717, 1.165) is 55.6 Å². The predicted octanol–water partition coefficient (Wildman–Crippen LogP) is 5.98. The highest BCUT2D eigenvalue weighted by atomic mass is 19.4. The van der Waals surface area contributed by atoms with Crippen LogP contribution in [0.25, 0.3) is 11.1 Å². The van der Waals surface area contributed by atoms with Crippen LogP contribution in [-0.2, 0) is 22.3 Å². The molecule has 0 radical (unpaired) electrons. The summed E-state index contributed by atoms with van der Waals surface area (Å²) in [6.45, 7) is 3.63. The number of carbonyl (C=O) groups is 1. The summed E-state index contributed by atoms with van der Waals surface area (Å²) in [5, 5.41) is 20.5. The number of anilines is 1. The number of aliphatic hydroxyl groups is 1. The second-order valence-electron chi connectivity index (χ2n) is 12.1. The van der Waals surface area contributed by atoms with Crippen LogP contribution in [0.5, 0.6) is 5.75 Å². The van der Waals surface area contributed by atoms with Crippen LogP contribution in [0, 0.1) is 5.92 Å².